The summed E-state index contributed by atoms with van der Waals surface area (Å²) in [6, 6.07) is 5.70. The van der Waals surface area contributed by atoms with Crippen molar-refractivity contribution in [3.8, 4) is 5.75 Å². The Morgan fingerprint density at radius 3 is 2.56 bits per heavy atom. The molecule has 3 nitrogen and oxygen atoms in total. The summed E-state index contributed by atoms with van der Waals surface area (Å²) in [5.74, 6) is 0.608. The van der Waals surface area contributed by atoms with Gasteiger partial charge in [-0.15, -0.1) is 0 Å². The van der Waals surface area contributed by atoms with Gasteiger partial charge >= 0.3 is 0 Å². The minimum atomic E-state index is -0.497. The Labute approximate surface area is 114 Å². The first-order chi connectivity index (χ1) is 8.28. The third-order valence-electron chi connectivity index (χ3n) is 2.30. The van der Waals surface area contributed by atoms with Crippen LogP contribution in [-0.4, -0.2) is 23.4 Å². The zero-order valence-electron chi connectivity index (χ0n) is 11.5. The molecule has 0 fully saturated rings. The van der Waals surface area contributed by atoms with E-state index in [2.05, 4.69) is 26.1 Å². The zero-order valence-corrected chi connectivity index (χ0v) is 12.2. The fraction of sp³-hybridized carbons (Fsp3) is 0.571. The zero-order chi connectivity index (χ0) is 13.8. The lowest BCUT2D eigenvalue weighted by Crippen LogP contribution is -2.35. The fourth-order valence-corrected chi connectivity index (χ4v) is 1.61. The molecule has 1 unspecified atom stereocenters. The van der Waals surface area contributed by atoms with Gasteiger partial charge in [0.05, 0.1) is 11.1 Å². The third-order valence-corrected chi connectivity index (χ3v) is 2.59. The maximum absolute atomic E-state index is 9.15. The average molecular weight is 272 g/mol. The number of aliphatic hydroxyl groups excluding tert-OH is 1. The Bertz CT molecular complexity index is 386. The highest BCUT2D eigenvalue weighted by molar-refractivity contribution is 6.32. The molecule has 0 heterocycles. The summed E-state index contributed by atoms with van der Waals surface area (Å²) >= 11 is 6.13. The molecule has 0 radical (unpaired) electrons. The number of ether oxygens (including phenoxy) is 1. The van der Waals surface area contributed by atoms with Crippen LogP contribution in [0.2, 0.25) is 5.02 Å². The molecule has 2 N–H and O–H groups in total. The number of aliphatic hydroxyl groups is 1. The smallest absolute Gasteiger partial charge is 0.138 e. The van der Waals surface area contributed by atoms with E-state index in [1.165, 1.54) is 0 Å². The summed E-state index contributed by atoms with van der Waals surface area (Å²) in [5, 5.41) is 13.1. The van der Waals surface area contributed by atoms with Gasteiger partial charge in [-0.2, -0.15) is 0 Å². The lowest BCUT2D eigenvalue weighted by molar-refractivity contribution is 0.123. The minimum Gasteiger partial charge on any atom is -0.489 e. The van der Waals surface area contributed by atoms with E-state index in [0.29, 0.717) is 10.8 Å². The topological polar surface area (TPSA) is 41.5 Å². The third kappa shape index (κ3) is 5.71. The molecule has 0 aliphatic carbocycles. The van der Waals surface area contributed by atoms with Crippen LogP contribution in [0.1, 0.15) is 33.3 Å². The van der Waals surface area contributed by atoms with Gasteiger partial charge in [0.15, 0.2) is 0 Å². The molecule has 0 amide bonds. The molecule has 0 aromatic heterocycles. The van der Waals surface area contributed by atoms with Gasteiger partial charge in [-0.3, -0.25) is 0 Å². The molecule has 0 saturated carbocycles. The van der Waals surface area contributed by atoms with Gasteiger partial charge in [-0.1, -0.05) is 17.7 Å². The monoisotopic (exact) mass is 271 g/mol. The van der Waals surface area contributed by atoms with Crippen molar-refractivity contribution in [1.82, 2.24) is 5.32 Å². The van der Waals surface area contributed by atoms with Crippen LogP contribution in [0.5, 0.6) is 5.75 Å². The summed E-state index contributed by atoms with van der Waals surface area (Å²) in [4.78, 5) is 0. The highest BCUT2D eigenvalue weighted by atomic mass is 35.5. The van der Waals surface area contributed by atoms with Crippen molar-refractivity contribution in [2.75, 3.05) is 6.61 Å². The molecule has 0 aliphatic rings. The van der Waals surface area contributed by atoms with Gasteiger partial charge in [0, 0.05) is 12.1 Å². The Morgan fingerprint density at radius 1 is 1.39 bits per heavy atom. The van der Waals surface area contributed by atoms with E-state index in [-0.39, 0.29) is 12.1 Å². The Kier molecular flexibility index (Phi) is 5.45. The molecular formula is C14H22ClNO2. The van der Waals surface area contributed by atoms with Gasteiger partial charge in [0.2, 0.25) is 0 Å². The van der Waals surface area contributed by atoms with E-state index >= 15 is 0 Å². The number of halogens is 1. The van der Waals surface area contributed by atoms with E-state index in [9.17, 15) is 0 Å². The second kappa shape index (κ2) is 6.41. The molecule has 0 aliphatic heterocycles. The molecule has 1 atom stereocenters. The summed E-state index contributed by atoms with van der Waals surface area (Å²) in [6.07, 6.45) is -0.497. The van der Waals surface area contributed by atoms with Crippen LogP contribution in [0, 0.1) is 0 Å². The Hall–Kier alpha value is -0.770. The summed E-state index contributed by atoms with van der Waals surface area (Å²) in [5.41, 5.74) is 1.19. The lowest BCUT2D eigenvalue weighted by Gasteiger charge is -2.20. The van der Waals surface area contributed by atoms with Crippen molar-refractivity contribution < 1.29 is 9.84 Å². The molecule has 1 aromatic carbocycles. The Balaban J connectivity index is 2.62. The molecule has 4 heteroatoms. The Morgan fingerprint density at radius 2 is 2.06 bits per heavy atom. The largest absolute Gasteiger partial charge is 0.489 e. The molecule has 102 valence electrons. The quantitative estimate of drug-likeness (QED) is 0.865. The van der Waals surface area contributed by atoms with E-state index in [1.807, 2.05) is 18.2 Å². The molecular weight excluding hydrogens is 250 g/mol. The summed E-state index contributed by atoms with van der Waals surface area (Å²) in [7, 11) is 0. The standard InChI is InChI=1S/C14H22ClNO2/c1-10(17)9-18-13-6-5-11(7-12(13)15)8-16-14(2,3)4/h5-7,10,16-17H,8-9H2,1-4H3. The van der Waals surface area contributed by atoms with Gasteiger partial charge in [-0.05, 0) is 45.4 Å². The van der Waals surface area contributed by atoms with Crippen molar-refractivity contribution in [3.63, 3.8) is 0 Å². The highest BCUT2D eigenvalue weighted by Gasteiger charge is 2.10. The predicted octanol–water partition coefficient (Wildman–Crippen LogP) is 2.99. The molecule has 1 rings (SSSR count). The second-order valence-corrected chi connectivity index (χ2v) is 5.94. The molecule has 18 heavy (non-hydrogen) atoms. The molecule has 0 saturated heterocycles. The van der Waals surface area contributed by atoms with Gasteiger partial charge in [-0.25, -0.2) is 0 Å². The summed E-state index contributed by atoms with van der Waals surface area (Å²) in [6.45, 7) is 9.05. The highest BCUT2D eigenvalue weighted by Crippen LogP contribution is 2.25. The van der Waals surface area contributed by atoms with Gasteiger partial charge in [0.1, 0.15) is 12.4 Å². The SMILES string of the molecule is CC(O)COc1ccc(CNC(C)(C)C)cc1Cl. The van der Waals surface area contributed by atoms with Crippen molar-refractivity contribution in [2.45, 2.75) is 45.9 Å². The maximum atomic E-state index is 9.15. The normalized spacial score (nSPS) is 13.4. The number of hydrogen-bond acceptors (Lipinski definition) is 3. The van der Waals surface area contributed by atoms with Crippen molar-refractivity contribution >= 4 is 11.6 Å². The van der Waals surface area contributed by atoms with Crippen molar-refractivity contribution in [1.29, 1.82) is 0 Å². The molecule has 1 aromatic rings. The van der Waals surface area contributed by atoms with E-state index in [1.54, 1.807) is 6.92 Å². The number of benzene rings is 1. The first kappa shape index (κ1) is 15.3. The fourth-order valence-electron chi connectivity index (χ4n) is 1.35. The van der Waals surface area contributed by atoms with Crippen molar-refractivity contribution in [3.05, 3.63) is 28.8 Å². The first-order valence-corrected chi connectivity index (χ1v) is 6.50. The van der Waals surface area contributed by atoms with Crippen LogP contribution in [0.15, 0.2) is 18.2 Å². The first-order valence-electron chi connectivity index (χ1n) is 6.12. The maximum Gasteiger partial charge on any atom is 0.138 e. The van der Waals surface area contributed by atoms with Crippen LogP contribution in [0.25, 0.3) is 0 Å². The van der Waals surface area contributed by atoms with Gasteiger partial charge < -0.3 is 15.2 Å². The molecule has 0 bridgehead atoms. The second-order valence-electron chi connectivity index (χ2n) is 5.53. The average Bonchev–Trinajstić information content (AvgIpc) is 2.24. The van der Waals surface area contributed by atoms with Crippen LogP contribution >= 0.6 is 11.6 Å². The van der Waals surface area contributed by atoms with Crippen LogP contribution in [0.3, 0.4) is 0 Å². The van der Waals surface area contributed by atoms with Crippen LogP contribution in [0.4, 0.5) is 0 Å². The number of hydrogen-bond donors (Lipinski definition) is 2. The van der Waals surface area contributed by atoms with E-state index in [0.717, 1.165) is 12.1 Å². The van der Waals surface area contributed by atoms with Crippen molar-refractivity contribution in [2.24, 2.45) is 0 Å². The van der Waals surface area contributed by atoms with Crippen LogP contribution < -0.4 is 10.1 Å². The minimum absolute atomic E-state index is 0.0773. The van der Waals surface area contributed by atoms with Crippen LogP contribution in [-0.2, 0) is 6.54 Å². The summed E-state index contributed by atoms with van der Waals surface area (Å²) < 4.78 is 5.40. The number of rotatable bonds is 5. The molecule has 0 spiro atoms. The van der Waals surface area contributed by atoms with Gasteiger partial charge in [0.25, 0.3) is 0 Å². The predicted molar refractivity (Wildman–Crippen MR) is 75.2 cm³/mol. The number of nitrogens with one attached hydrogen (secondary N) is 1. The van der Waals surface area contributed by atoms with E-state index in [4.69, 9.17) is 21.4 Å². The lowest BCUT2D eigenvalue weighted by atomic mass is 10.1. The van der Waals surface area contributed by atoms with E-state index < -0.39 is 6.10 Å².